The van der Waals surface area contributed by atoms with Gasteiger partial charge in [0.2, 0.25) is 5.95 Å². The molecule has 0 amide bonds. The predicted octanol–water partition coefficient (Wildman–Crippen LogP) is 4.73. The molecule has 3 fully saturated rings. The van der Waals surface area contributed by atoms with Crippen LogP contribution in [0.2, 0.25) is 0 Å². The maximum atomic E-state index is 13.6. The van der Waals surface area contributed by atoms with Crippen LogP contribution in [0.5, 0.6) is 0 Å². The minimum atomic E-state index is -0.223. The molecule has 4 heterocycles. The van der Waals surface area contributed by atoms with Gasteiger partial charge in [-0.3, -0.25) is 0 Å². The van der Waals surface area contributed by atoms with Gasteiger partial charge in [0.05, 0.1) is 0 Å². The molecule has 2 N–H and O–H groups in total. The van der Waals surface area contributed by atoms with Crippen molar-refractivity contribution in [2.24, 2.45) is 11.8 Å². The lowest BCUT2D eigenvalue weighted by Gasteiger charge is -2.38. The maximum absolute atomic E-state index is 13.6. The van der Waals surface area contributed by atoms with Gasteiger partial charge in [0, 0.05) is 57.4 Å². The number of nitrogens with one attached hydrogen (secondary N) is 2. The molecule has 0 spiro atoms. The number of rotatable bonds is 6. The van der Waals surface area contributed by atoms with Gasteiger partial charge in [0.15, 0.2) is 5.11 Å². The van der Waals surface area contributed by atoms with E-state index in [2.05, 4.69) is 40.3 Å². The molecule has 9 heteroatoms. The molecule has 0 aliphatic carbocycles. The number of ether oxygens (including phenoxy) is 1. The largest absolute Gasteiger partial charge is 0.381 e. The fourth-order valence-electron chi connectivity index (χ4n) is 6.13. The first-order valence-corrected chi connectivity index (χ1v) is 14.1. The van der Waals surface area contributed by atoms with Crippen LogP contribution in [-0.4, -0.2) is 61.0 Å². The van der Waals surface area contributed by atoms with Crippen molar-refractivity contribution in [3.05, 3.63) is 41.7 Å². The Kier molecular flexibility index (Phi) is 8.09. The zero-order valence-electron chi connectivity index (χ0n) is 22.0. The molecule has 2 aromatic rings. The summed E-state index contributed by atoms with van der Waals surface area (Å²) in [5, 5.41) is 7.20. The number of thiocarbonyl (C=S) groups is 1. The van der Waals surface area contributed by atoms with E-state index in [1.165, 1.54) is 31.4 Å². The number of aromatic nitrogens is 2. The highest BCUT2D eigenvalue weighted by Crippen LogP contribution is 2.34. The quantitative estimate of drug-likeness (QED) is 0.524. The number of hydrogen-bond acceptors (Lipinski definition) is 6. The molecule has 3 aliphatic rings. The van der Waals surface area contributed by atoms with E-state index >= 15 is 0 Å². The number of benzene rings is 1. The van der Waals surface area contributed by atoms with Crippen molar-refractivity contribution in [2.75, 3.05) is 61.1 Å². The molecule has 0 saturated carbocycles. The topological polar surface area (TPSA) is 65.5 Å². The summed E-state index contributed by atoms with van der Waals surface area (Å²) >= 11 is 5.72. The monoisotopic (exact) mass is 526 g/mol. The summed E-state index contributed by atoms with van der Waals surface area (Å²) in [6, 6.07) is 8.97. The molecule has 2 atom stereocenters. The predicted molar refractivity (Wildman–Crippen MR) is 151 cm³/mol. The minimum Gasteiger partial charge on any atom is -0.381 e. The van der Waals surface area contributed by atoms with E-state index in [4.69, 9.17) is 26.9 Å². The Hall–Kier alpha value is -2.52. The smallest absolute Gasteiger partial charge is 0.232 e. The van der Waals surface area contributed by atoms with E-state index in [1.807, 2.05) is 12.1 Å². The van der Waals surface area contributed by atoms with Gasteiger partial charge in [-0.2, -0.15) is 9.97 Å². The number of halogens is 1. The maximum Gasteiger partial charge on any atom is 0.232 e. The average molecular weight is 527 g/mol. The SMILES string of the molecule is C[C@@H]1C[C@@H](C)CN(c2cc(N3CCCC3)nc(NC(=S)NCC3(c4ccc(F)cc4)CCOCC3)n2)C1. The van der Waals surface area contributed by atoms with Crippen molar-refractivity contribution in [3.8, 4) is 0 Å². The third-order valence-electron chi connectivity index (χ3n) is 8.04. The first-order chi connectivity index (χ1) is 17.9. The second-order valence-electron chi connectivity index (χ2n) is 11.2. The molecule has 0 bridgehead atoms. The average Bonchev–Trinajstić information content (AvgIpc) is 3.43. The van der Waals surface area contributed by atoms with Gasteiger partial charge >= 0.3 is 0 Å². The molecule has 200 valence electrons. The van der Waals surface area contributed by atoms with E-state index < -0.39 is 0 Å². The molecular weight excluding hydrogens is 487 g/mol. The second-order valence-corrected chi connectivity index (χ2v) is 11.6. The standard InChI is InChI=1S/C28H39FN6OS/c1-20-15-21(2)18-35(17-20)25-16-24(34-11-3-4-12-34)31-26(32-25)33-27(37)30-19-28(9-13-36-14-10-28)22-5-7-23(29)8-6-22/h5-8,16,20-21H,3-4,9-15,17-19H2,1-2H3,(H2,30,31,32,33,37)/t20-,21-/m1/s1. The first-order valence-electron chi connectivity index (χ1n) is 13.7. The molecule has 1 aromatic carbocycles. The molecule has 3 saturated heterocycles. The minimum absolute atomic E-state index is 0.165. The summed E-state index contributed by atoms with van der Waals surface area (Å²) in [7, 11) is 0. The third kappa shape index (κ3) is 6.32. The molecule has 7 nitrogen and oxygen atoms in total. The van der Waals surface area contributed by atoms with E-state index in [9.17, 15) is 4.39 Å². The van der Waals surface area contributed by atoms with Gasteiger partial charge in [0.1, 0.15) is 17.5 Å². The number of piperidine rings is 1. The summed E-state index contributed by atoms with van der Waals surface area (Å²) in [4.78, 5) is 14.5. The van der Waals surface area contributed by atoms with Crippen molar-refractivity contribution in [1.29, 1.82) is 0 Å². The van der Waals surface area contributed by atoms with Gasteiger partial charge in [-0.05, 0) is 73.9 Å². The summed E-state index contributed by atoms with van der Waals surface area (Å²) in [6.07, 6.45) is 5.33. The molecule has 37 heavy (non-hydrogen) atoms. The number of anilines is 3. The van der Waals surface area contributed by atoms with Crippen LogP contribution in [0, 0.1) is 17.7 Å². The lowest BCUT2D eigenvalue weighted by Crippen LogP contribution is -2.45. The van der Waals surface area contributed by atoms with E-state index in [0.717, 1.165) is 56.2 Å². The van der Waals surface area contributed by atoms with Crippen LogP contribution in [0.15, 0.2) is 30.3 Å². The molecule has 1 aromatic heterocycles. The Bertz CT molecular complexity index is 1060. The lowest BCUT2D eigenvalue weighted by atomic mass is 9.74. The van der Waals surface area contributed by atoms with Crippen LogP contribution in [0.3, 0.4) is 0 Å². The summed E-state index contributed by atoms with van der Waals surface area (Å²) < 4.78 is 19.2. The highest BCUT2D eigenvalue weighted by atomic mass is 32.1. The Morgan fingerprint density at radius 1 is 1.03 bits per heavy atom. The second kappa shape index (κ2) is 11.5. The third-order valence-corrected chi connectivity index (χ3v) is 8.29. The normalized spacial score (nSPS) is 23.6. The van der Waals surface area contributed by atoms with Crippen molar-refractivity contribution in [1.82, 2.24) is 15.3 Å². The Morgan fingerprint density at radius 2 is 1.65 bits per heavy atom. The highest BCUT2D eigenvalue weighted by Gasteiger charge is 2.35. The van der Waals surface area contributed by atoms with Crippen molar-refractivity contribution < 1.29 is 9.13 Å². The fourth-order valence-corrected chi connectivity index (χ4v) is 6.29. The van der Waals surface area contributed by atoms with Crippen LogP contribution >= 0.6 is 12.2 Å². The molecule has 0 radical (unpaired) electrons. The van der Waals surface area contributed by atoms with Crippen molar-refractivity contribution in [2.45, 2.75) is 51.4 Å². The molecular formula is C28H39FN6OS. The number of hydrogen-bond donors (Lipinski definition) is 2. The molecule has 5 rings (SSSR count). The highest BCUT2D eigenvalue weighted by molar-refractivity contribution is 7.80. The van der Waals surface area contributed by atoms with Crippen LogP contribution in [-0.2, 0) is 10.2 Å². The van der Waals surface area contributed by atoms with Crippen LogP contribution in [0.25, 0.3) is 0 Å². The van der Waals surface area contributed by atoms with E-state index in [-0.39, 0.29) is 11.2 Å². The Balaban J connectivity index is 1.32. The van der Waals surface area contributed by atoms with E-state index in [0.29, 0.717) is 42.7 Å². The number of nitrogens with zero attached hydrogens (tertiary/aromatic N) is 4. The summed E-state index contributed by atoms with van der Waals surface area (Å²) in [5.41, 5.74) is 0.941. The van der Waals surface area contributed by atoms with Gasteiger partial charge in [0.25, 0.3) is 0 Å². The Morgan fingerprint density at radius 3 is 2.30 bits per heavy atom. The van der Waals surface area contributed by atoms with Crippen LogP contribution in [0.4, 0.5) is 22.0 Å². The van der Waals surface area contributed by atoms with Crippen LogP contribution < -0.4 is 20.4 Å². The molecule has 3 aliphatic heterocycles. The zero-order chi connectivity index (χ0) is 25.8. The van der Waals surface area contributed by atoms with Gasteiger partial charge in [-0.25, -0.2) is 4.39 Å². The first kappa shape index (κ1) is 26.1. The van der Waals surface area contributed by atoms with Gasteiger partial charge < -0.3 is 25.2 Å². The molecule has 0 unspecified atom stereocenters. The van der Waals surface area contributed by atoms with E-state index in [1.54, 1.807) is 0 Å². The zero-order valence-corrected chi connectivity index (χ0v) is 22.8. The van der Waals surface area contributed by atoms with Gasteiger partial charge in [-0.15, -0.1) is 0 Å². The van der Waals surface area contributed by atoms with Crippen molar-refractivity contribution in [3.63, 3.8) is 0 Å². The lowest BCUT2D eigenvalue weighted by molar-refractivity contribution is 0.0515. The summed E-state index contributed by atoms with van der Waals surface area (Å²) in [6.45, 7) is 10.7. The summed E-state index contributed by atoms with van der Waals surface area (Å²) in [5.74, 6) is 3.51. The van der Waals surface area contributed by atoms with Crippen LogP contribution in [0.1, 0.15) is 51.5 Å². The Labute approximate surface area is 225 Å². The fraction of sp³-hybridized carbons (Fsp3) is 0.607. The van der Waals surface area contributed by atoms with Gasteiger partial charge in [-0.1, -0.05) is 26.0 Å². The van der Waals surface area contributed by atoms with Crippen molar-refractivity contribution >= 4 is 34.9 Å².